The first-order valence-corrected chi connectivity index (χ1v) is 12.3. The molecule has 0 spiro atoms. The van der Waals surface area contributed by atoms with Gasteiger partial charge in [-0.25, -0.2) is 0 Å². The predicted molar refractivity (Wildman–Crippen MR) is 131 cm³/mol. The molecule has 3 unspecified atom stereocenters. The van der Waals surface area contributed by atoms with Crippen molar-refractivity contribution < 1.29 is 56.5 Å². The first-order chi connectivity index (χ1) is 15.2. The zero-order valence-corrected chi connectivity index (χ0v) is 23.8. The zero-order chi connectivity index (χ0) is 25.9. The Morgan fingerprint density at radius 1 is 0.515 bits per heavy atom. The van der Waals surface area contributed by atoms with E-state index in [9.17, 15) is 14.4 Å². The molecule has 4 N–H and O–H groups in total. The largest absolute Gasteiger partial charge is 0.481 e. The molecule has 0 saturated carbocycles. The van der Waals surface area contributed by atoms with Gasteiger partial charge in [-0.3, -0.25) is 14.4 Å². The molecule has 0 aliphatic carbocycles. The number of carboxylic acid groups (broad SMARTS) is 3. The third-order valence-corrected chi connectivity index (χ3v) is 5.24. The van der Waals surface area contributed by atoms with Gasteiger partial charge in [0.25, 0.3) is 0 Å². The van der Waals surface area contributed by atoms with Crippen LogP contribution in [0.1, 0.15) is 119 Å². The summed E-state index contributed by atoms with van der Waals surface area (Å²) >= 11 is 0. The molecule has 0 amide bonds. The molecule has 0 bridgehead atoms. The van der Waals surface area contributed by atoms with Crippen LogP contribution in [0.5, 0.6) is 0 Å². The van der Waals surface area contributed by atoms with E-state index < -0.39 is 17.9 Å². The van der Waals surface area contributed by atoms with Crippen LogP contribution in [0, 0.1) is 17.8 Å². The molecule has 0 saturated heterocycles. The maximum Gasteiger partial charge on any atom is 0.306 e. The topological polar surface area (TPSA) is 132 Å². The monoisotopic (exact) mass is 512 g/mol. The molecule has 3 atom stereocenters. The van der Waals surface area contributed by atoms with Gasteiger partial charge in [-0.2, -0.15) is 0 Å². The summed E-state index contributed by atoms with van der Waals surface area (Å²) in [5.41, 5.74) is 0. The first-order valence-electron chi connectivity index (χ1n) is 12.3. The van der Waals surface area contributed by atoms with Crippen molar-refractivity contribution in [2.75, 3.05) is 7.11 Å². The number of carbonyl (C=O) groups is 3. The van der Waals surface area contributed by atoms with Crippen molar-refractivity contribution in [2.45, 2.75) is 119 Å². The minimum atomic E-state index is -0.643. The quantitative estimate of drug-likeness (QED) is 0.185. The second-order valence-corrected chi connectivity index (χ2v) is 7.76. The Labute approximate surface area is 217 Å². The summed E-state index contributed by atoms with van der Waals surface area (Å²) in [4.78, 5) is 31.3. The van der Waals surface area contributed by atoms with Crippen LogP contribution in [0.25, 0.3) is 0 Å². The molecular formula is C25H52O7Ti. The van der Waals surface area contributed by atoms with E-state index >= 15 is 0 Å². The van der Waals surface area contributed by atoms with Gasteiger partial charge >= 0.3 is 17.9 Å². The minimum Gasteiger partial charge on any atom is -0.481 e. The number of rotatable bonds is 15. The maximum atomic E-state index is 10.4. The van der Waals surface area contributed by atoms with Crippen molar-refractivity contribution in [3.63, 3.8) is 0 Å². The minimum absolute atomic E-state index is 0. The molecule has 0 aromatic rings. The van der Waals surface area contributed by atoms with Crippen molar-refractivity contribution in [3.8, 4) is 0 Å². The number of aliphatic carboxylic acids is 3. The number of carboxylic acids is 3. The van der Waals surface area contributed by atoms with Gasteiger partial charge in [0.1, 0.15) is 0 Å². The van der Waals surface area contributed by atoms with E-state index in [-0.39, 0.29) is 39.5 Å². The molecule has 0 radical (unpaired) electrons. The average molecular weight is 513 g/mol. The Balaban J connectivity index is -0.000000113. The molecule has 0 aliphatic heterocycles. The van der Waals surface area contributed by atoms with Crippen molar-refractivity contribution in [2.24, 2.45) is 17.8 Å². The van der Waals surface area contributed by atoms with Crippen LogP contribution in [-0.2, 0) is 36.1 Å². The van der Waals surface area contributed by atoms with Crippen molar-refractivity contribution in [3.05, 3.63) is 0 Å². The van der Waals surface area contributed by atoms with Crippen LogP contribution in [0.3, 0.4) is 0 Å². The molecule has 8 heteroatoms. The Morgan fingerprint density at radius 2 is 0.697 bits per heavy atom. The molecule has 0 heterocycles. The van der Waals surface area contributed by atoms with Crippen LogP contribution >= 0.6 is 0 Å². The zero-order valence-electron chi connectivity index (χ0n) is 22.2. The van der Waals surface area contributed by atoms with Crippen LogP contribution in [0.2, 0.25) is 0 Å². The Morgan fingerprint density at radius 3 is 0.788 bits per heavy atom. The summed E-state index contributed by atoms with van der Waals surface area (Å²) in [6, 6.07) is 0. The molecule has 33 heavy (non-hydrogen) atoms. The van der Waals surface area contributed by atoms with Crippen molar-refractivity contribution >= 4 is 17.9 Å². The van der Waals surface area contributed by atoms with Gasteiger partial charge < -0.3 is 20.4 Å². The fourth-order valence-electron chi connectivity index (χ4n) is 2.86. The second kappa shape index (κ2) is 33.3. The smallest absolute Gasteiger partial charge is 0.306 e. The third-order valence-electron chi connectivity index (χ3n) is 5.24. The van der Waals surface area contributed by atoms with Crippen LogP contribution < -0.4 is 0 Å². The Bertz CT molecular complexity index is 369. The molecule has 0 aliphatic rings. The van der Waals surface area contributed by atoms with E-state index in [1.54, 1.807) is 0 Å². The molecule has 0 aromatic heterocycles. The molecule has 0 rings (SSSR count). The van der Waals surface area contributed by atoms with E-state index in [0.29, 0.717) is 0 Å². The molecule has 7 nitrogen and oxygen atoms in total. The average Bonchev–Trinajstić information content (AvgIpc) is 2.77. The van der Waals surface area contributed by atoms with Crippen molar-refractivity contribution in [1.29, 1.82) is 0 Å². The third kappa shape index (κ3) is 31.1. The molecule has 198 valence electrons. The van der Waals surface area contributed by atoms with E-state index in [0.717, 1.165) is 84.2 Å². The molecule has 0 aromatic carbocycles. The van der Waals surface area contributed by atoms with Crippen LogP contribution in [0.15, 0.2) is 0 Å². The van der Waals surface area contributed by atoms with Crippen LogP contribution in [-0.4, -0.2) is 45.4 Å². The SMILES string of the molecule is CCCCC(CC)C(=O)O.CCCCC(CC)C(=O)O.CCCCC(CC)C(=O)O.CO.[Ti]. The normalized spacial score (nSPS) is 12.0. The number of aliphatic hydroxyl groups excluding tert-OH is 1. The van der Waals surface area contributed by atoms with Gasteiger partial charge in [0.15, 0.2) is 0 Å². The van der Waals surface area contributed by atoms with Gasteiger partial charge in [-0.15, -0.1) is 0 Å². The van der Waals surface area contributed by atoms with E-state index in [1.165, 1.54) is 0 Å². The number of hydrogen-bond acceptors (Lipinski definition) is 4. The Kier molecular flexibility index (Phi) is 42.6. The fraction of sp³-hybridized carbons (Fsp3) is 0.880. The van der Waals surface area contributed by atoms with Gasteiger partial charge in [0.2, 0.25) is 0 Å². The van der Waals surface area contributed by atoms with E-state index in [4.69, 9.17) is 20.4 Å². The van der Waals surface area contributed by atoms with Gasteiger partial charge in [0.05, 0.1) is 17.8 Å². The fourth-order valence-corrected chi connectivity index (χ4v) is 2.86. The second-order valence-electron chi connectivity index (χ2n) is 7.76. The molecule has 0 fully saturated rings. The number of hydrogen-bond donors (Lipinski definition) is 4. The summed E-state index contributed by atoms with van der Waals surface area (Å²) in [5, 5.41) is 32.8. The molecular weight excluding hydrogens is 460 g/mol. The number of aliphatic hydroxyl groups is 1. The summed E-state index contributed by atoms with van der Waals surface area (Å²) in [7, 11) is 1.00. The van der Waals surface area contributed by atoms with E-state index in [1.807, 2.05) is 20.8 Å². The van der Waals surface area contributed by atoms with Gasteiger partial charge in [-0.1, -0.05) is 80.1 Å². The summed E-state index contributed by atoms with van der Waals surface area (Å²) in [5.74, 6) is -2.26. The number of unbranched alkanes of at least 4 members (excludes halogenated alkanes) is 3. The summed E-state index contributed by atoms with van der Waals surface area (Å²) < 4.78 is 0. The Hall–Kier alpha value is -0.916. The summed E-state index contributed by atoms with van der Waals surface area (Å²) in [6.07, 6.45) is 11.1. The summed E-state index contributed by atoms with van der Waals surface area (Å²) in [6.45, 7) is 12.0. The van der Waals surface area contributed by atoms with Gasteiger partial charge in [-0.05, 0) is 38.5 Å². The van der Waals surface area contributed by atoms with E-state index in [2.05, 4.69) is 20.8 Å². The van der Waals surface area contributed by atoms with Crippen molar-refractivity contribution in [1.82, 2.24) is 0 Å². The standard InChI is InChI=1S/3C8H16O2.CH4O.Ti/c3*1-3-5-6-7(4-2)8(9)10;1-2;/h3*7H,3-6H2,1-2H3,(H,9,10);2H,1H3;. The first kappa shape index (κ1) is 42.3. The predicted octanol–water partition coefficient (Wildman–Crippen LogP) is 6.47. The van der Waals surface area contributed by atoms with Gasteiger partial charge in [0, 0.05) is 28.8 Å². The maximum absolute atomic E-state index is 10.4. The van der Waals surface area contributed by atoms with Crippen LogP contribution in [0.4, 0.5) is 0 Å².